The molecule has 0 aliphatic carbocycles. The van der Waals surface area contributed by atoms with E-state index in [1.54, 1.807) is 13.0 Å². The van der Waals surface area contributed by atoms with Crippen LogP contribution in [0.5, 0.6) is 0 Å². The summed E-state index contributed by atoms with van der Waals surface area (Å²) in [6.45, 7) is 7.45. The fourth-order valence-corrected chi connectivity index (χ4v) is 0.878. The lowest BCUT2D eigenvalue weighted by molar-refractivity contribution is -0.125. The fraction of sp³-hybridized carbons (Fsp3) is 0.600. The maximum atomic E-state index is 11.3. The molecule has 84 valence electrons. The molecule has 0 spiro atoms. The number of aryl methyl sites for hydroxylation is 1. The van der Waals surface area contributed by atoms with E-state index >= 15 is 0 Å². The van der Waals surface area contributed by atoms with Crippen molar-refractivity contribution in [2.45, 2.75) is 33.3 Å². The number of anilines is 1. The molecule has 0 unspecified atom stereocenters. The number of hydrogen-bond acceptors (Lipinski definition) is 4. The molecule has 0 aromatic carbocycles. The molecule has 1 N–H and O–H groups in total. The molecule has 0 radical (unpaired) electrons. The fourth-order valence-electron chi connectivity index (χ4n) is 0.878. The summed E-state index contributed by atoms with van der Waals surface area (Å²) in [6, 6.07) is 1.65. The van der Waals surface area contributed by atoms with Crippen LogP contribution in [-0.2, 0) is 9.53 Å². The van der Waals surface area contributed by atoms with E-state index in [9.17, 15) is 4.79 Å². The molecular formula is C10H16N2O3. The van der Waals surface area contributed by atoms with Crippen molar-refractivity contribution in [3.8, 4) is 0 Å². The highest BCUT2D eigenvalue weighted by Crippen LogP contribution is 2.09. The van der Waals surface area contributed by atoms with Crippen LogP contribution >= 0.6 is 0 Å². The summed E-state index contributed by atoms with van der Waals surface area (Å²) in [7, 11) is 0. The minimum Gasteiger partial charge on any atom is -0.366 e. The molecule has 0 aliphatic heterocycles. The minimum absolute atomic E-state index is 0.00322. The van der Waals surface area contributed by atoms with Gasteiger partial charge in [0.2, 0.25) is 5.88 Å². The molecule has 15 heavy (non-hydrogen) atoms. The van der Waals surface area contributed by atoms with Gasteiger partial charge in [-0.2, -0.15) is 0 Å². The molecule has 1 heterocycles. The first-order chi connectivity index (χ1) is 6.87. The average Bonchev–Trinajstić information content (AvgIpc) is 2.47. The topological polar surface area (TPSA) is 64.4 Å². The van der Waals surface area contributed by atoms with E-state index in [4.69, 9.17) is 9.26 Å². The maximum absolute atomic E-state index is 11.3. The zero-order valence-corrected chi connectivity index (χ0v) is 9.46. The predicted octanol–water partition coefficient (Wildman–Crippen LogP) is 1.74. The van der Waals surface area contributed by atoms with Gasteiger partial charge in [-0.3, -0.25) is 10.1 Å². The molecule has 0 atom stereocenters. The number of nitrogens with one attached hydrogen (secondary N) is 1. The Morgan fingerprint density at radius 2 is 2.27 bits per heavy atom. The second-order valence-corrected chi connectivity index (χ2v) is 4.28. The summed E-state index contributed by atoms with van der Waals surface area (Å²) in [5.74, 6) is 0.0936. The van der Waals surface area contributed by atoms with E-state index in [1.807, 2.05) is 20.8 Å². The average molecular weight is 212 g/mol. The third-order valence-electron chi connectivity index (χ3n) is 1.53. The van der Waals surface area contributed by atoms with Gasteiger partial charge in [-0.25, -0.2) is 0 Å². The quantitative estimate of drug-likeness (QED) is 0.828. The molecule has 0 fully saturated rings. The summed E-state index contributed by atoms with van der Waals surface area (Å²) in [5.41, 5.74) is 0.399. The number of hydrogen-bond donors (Lipinski definition) is 1. The molecule has 5 nitrogen and oxygen atoms in total. The zero-order valence-electron chi connectivity index (χ0n) is 9.46. The number of carbonyl (C=O) groups excluding carboxylic acids is 1. The lowest BCUT2D eigenvalue weighted by Gasteiger charge is -2.18. The van der Waals surface area contributed by atoms with Crippen LogP contribution in [0.3, 0.4) is 0 Å². The van der Waals surface area contributed by atoms with Gasteiger partial charge in [-0.1, -0.05) is 5.16 Å². The van der Waals surface area contributed by atoms with Crippen molar-refractivity contribution in [3.63, 3.8) is 0 Å². The van der Waals surface area contributed by atoms with E-state index in [0.717, 1.165) is 5.69 Å². The second kappa shape index (κ2) is 4.44. The van der Waals surface area contributed by atoms with Gasteiger partial charge in [0, 0.05) is 6.07 Å². The molecule has 0 saturated heterocycles. The molecular weight excluding hydrogens is 196 g/mol. The van der Waals surface area contributed by atoms with Gasteiger partial charge >= 0.3 is 0 Å². The zero-order chi connectivity index (χ0) is 11.5. The van der Waals surface area contributed by atoms with Crippen LogP contribution in [0.4, 0.5) is 5.88 Å². The van der Waals surface area contributed by atoms with Crippen LogP contribution in [0.25, 0.3) is 0 Å². The van der Waals surface area contributed by atoms with Gasteiger partial charge < -0.3 is 9.26 Å². The highest BCUT2D eigenvalue weighted by Gasteiger charge is 2.13. The molecule has 0 aliphatic rings. The van der Waals surface area contributed by atoms with Crippen LogP contribution in [0, 0.1) is 6.92 Å². The van der Waals surface area contributed by atoms with Crippen molar-refractivity contribution < 1.29 is 14.1 Å². The summed E-state index contributed by atoms with van der Waals surface area (Å²) in [6.07, 6.45) is 0. The predicted molar refractivity (Wildman–Crippen MR) is 55.6 cm³/mol. The molecule has 0 saturated carbocycles. The van der Waals surface area contributed by atoms with E-state index < -0.39 is 0 Å². The number of aromatic nitrogens is 1. The SMILES string of the molecule is Cc1cc(NC(=O)COC(C)(C)C)on1. The molecule has 1 amide bonds. The molecule has 1 aromatic heterocycles. The Kier molecular flexibility index (Phi) is 3.47. The first-order valence-corrected chi connectivity index (χ1v) is 4.74. The van der Waals surface area contributed by atoms with Crippen LogP contribution in [0.15, 0.2) is 10.6 Å². The number of nitrogens with zero attached hydrogens (tertiary/aromatic N) is 1. The molecule has 5 heteroatoms. The Labute approximate surface area is 88.8 Å². The van der Waals surface area contributed by atoms with Gasteiger partial charge in [0.1, 0.15) is 6.61 Å². The summed E-state index contributed by atoms with van der Waals surface area (Å²) < 4.78 is 10.1. The van der Waals surface area contributed by atoms with E-state index in [0.29, 0.717) is 5.88 Å². The lowest BCUT2D eigenvalue weighted by Crippen LogP contribution is -2.26. The third-order valence-corrected chi connectivity index (χ3v) is 1.53. The highest BCUT2D eigenvalue weighted by atomic mass is 16.5. The number of rotatable bonds is 3. The van der Waals surface area contributed by atoms with Crippen molar-refractivity contribution in [2.24, 2.45) is 0 Å². The van der Waals surface area contributed by atoms with Gasteiger partial charge in [-0.15, -0.1) is 0 Å². The van der Waals surface area contributed by atoms with Gasteiger partial charge in [0.25, 0.3) is 5.91 Å². The largest absolute Gasteiger partial charge is 0.366 e. The van der Waals surface area contributed by atoms with E-state index in [-0.39, 0.29) is 18.1 Å². The lowest BCUT2D eigenvalue weighted by atomic mass is 10.2. The minimum atomic E-state index is -0.325. The van der Waals surface area contributed by atoms with E-state index in [2.05, 4.69) is 10.5 Å². The van der Waals surface area contributed by atoms with Crippen LogP contribution < -0.4 is 5.32 Å². The van der Waals surface area contributed by atoms with Crippen molar-refractivity contribution >= 4 is 11.8 Å². The summed E-state index contributed by atoms with van der Waals surface area (Å²) in [4.78, 5) is 11.3. The number of ether oxygens (including phenoxy) is 1. The Hall–Kier alpha value is -1.36. The summed E-state index contributed by atoms with van der Waals surface area (Å²) in [5, 5.41) is 6.19. The molecule has 1 aromatic rings. The first-order valence-electron chi connectivity index (χ1n) is 4.74. The standard InChI is InChI=1S/C10H16N2O3/c1-7-5-9(15-12-7)11-8(13)6-14-10(2,3)4/h5H,6H2,1-4H3,(H,11,13). The van der Waals surface area contributed by atoms with Crippen molar-refractivity contribution in [1.29, 1.82) is 0 Å². The Bertz CT molecular complexity index is 339. The van der Waals surface area contributed by atoms with Crippen molar-refractivity contribution in [3.05, 3.63) is 11.8 Å². The van der Waals surface area contributed by atoms with Crippen molar-refractivity contribution in [1.82, 2.24) is 5.16 Å². The van der Waals surface area contributed by atoms with Crippen LogP contribution in [0.1, 0.15) is 26.5 Å². The second-order valence-electron chi connectivity index (χ2n) is 4.28. The Morgan fingerprint density at radius 1 is 1.60 bits per heavy atom. The third kappa shape index (κ3) is 4.60. The van der Waals surface area contributed by atoms with E-state index in [1.165, 1.54) is 0 Å². The number of carbonyl (C=O) groups is 1. The first kappa shape index (κ1) is 11.7. The number of amides is 1. The maximum Gasteiger partial charge on any atom is 0.252 e. The normalized spacial score (nSPS) is 11.5. The molecule has 0 bridgehead atoms. The highest BCUT2D eigenvalue weighted by molar-refractivity contribution is 5.90. The van der Waals surface area contributed by atoms with Gasteiger partial charge in [0.05, 0.1) is 11.3 Å². The Morgan fingerprint density at radius 3 is 2.73 bits per heavy atom. The Balaban J connectivity index is 2.37. The van der Waals surface area contributed by atoms with Gasteiger partial charge in [0.15, 0.2) is 0 Å². The smallest absolute Gasteiger partial charge is 0.252 e. The summed E-state index contributed by atoms with van der Waals surface area (Å²) >= 11 is 0. The molecule has 1 rings (SSSR count). The van der Waals surface area contributed by atoms with Gasteiger partial charge in [-0.05, 0) is 27.7 Å². The monoisotopic (exact) mass is 212 g/mol. The van der Waals surface area contributed by atoms with Crippen molar-refractivity contribution in [2.75, 3.05) is 11.9 Å². The van der Waals surface area contributed by atoms with Crippen LogP contribution in [0.2, 0.25) is 0 Å². The van der Waals surface area contributed by atoms with Crippen LogP contribution in [-0.4, -0.2) is 23.3 Å².